The Bertz CT molecular complexity index is 1820. The fourth-order valence-corrected chi connectivity index (χ4v) is 4.75. The van der Waals surface area contributed by atoms with Crippen molar-refractivity contribution in [3.8, 4) is 22.9 Å². The smallest absolute Gasteiger partial charge is 0.276 e. The molecule has 0 aliphatic rings. The zero-order valence-corrected chi connectivity index (χ0v) is 20.3. The minimum Gasteiger partial charge on any atom is -0.289 e. The van der Waals surface area contributed by atoms with Crippen molar-refractivity contribution in [2.75, 3.05) is 5.32 Å². The lowest BCUT2D eigenvalue weighted by atomic mass is 10.1. The fourth-order valence-electron chi connectivity index (χ4n) is 3.99. The molecule has 3 aromatic carbocycles. The first-order valence-corrected chi connectivity index (χ1v) is 12.5. The highest BCUT2D eigenvalue weighted by Gasteiger charge is 2.20. The number of aromatic nitrogens is 4. The summed E-state index contributed by atoms with van der Waals surface area (Å²) in [6.07, 6.45) is 2.79. The zero-order valence-electron chi connectivity index (χ0n) is 19.5. The Balaban J connectivity index is 1.47. The van der Waals surface area contributed by atoms with Crippen molar-refractivity contribution < 1.29 is 13.2 Å². The monoisotopic (exact) mass is 509 g/mol. The Morgan fingerprint density at radius 2 is 1.65 bits per heavy atom. The number of carbonyl (C=O) groups excluding carboxylic acids is 1. The molecule has 5 rings (SSSR count). The molecule has 2 heterocycles. The average Bonchev–Trinajstić information content (AvgIpc) is 3.29. The van der Waals surface area contributed by atoms with Gasteiger partial charge in [-0.05, 0) is 42.0 Å². The van der Waals surface area contributed by atoms with Gasteiger partial charge in [0, 0.05) is 23.5 Å². The molecule has 1 amide bonds. The maximum Gasteiger partial charge on any atom is 0.276 e. The Hall–Kier alpha value is -4.92. The second-order valence-electron chi connectivity index (χ2n) is 8.20. The molecule has 182 valence electrons. The molecule has 2 aromatic heterocycles. The molecule has 0 aliphatic carbocycles. The summed E-state index contributed by atoms with van der Waals surface area (Å²) in [4.78, 5) is 21.5. The van der Waals surface area contributed by atoms with Crippen molar-refractivity contribution >= 4 is 32.7 Å². The molecule has 37 heavy (non-hydrogen) atoms. The van der Waals surface area contributed by atoms with Crippen LogP contribution in [0, 0.1) is 18.3 Å². The third-order valence-electron chi connectivity index (χ3n) is 5.66. The molecular weight excluding hydrogens is 490 g/mol. The third-order valence-corrected chi connectivity index (χ3v) is 6.63. The number of nitrogens with zero attached hydrogens (tertiary/aromatic N) is 5. The standard InChI is InChI=1S/C26H19N7O3S/c1-16-10-23(33(32-16)22-12-18-7-3-2-6-17(18)11-19(22)13-27)25(34)31-26-29-14-20(15-30-26)21-8-4-5-9-24(21)37(28,35)36/h2-12,14-15H,1H3,(H2,28,35,36)(H,29,30,31,34). The first kappa shape index (κ1) is 23.8. The average molecular weight is 510 g/mol. The van der Waals surface area contributed by atoms with Gasteiger partial charge in [0.15, 0.2) is 0 Å². The molecule has 0 atom stereocenters. The SMILES string of the molecule is Cc1cc(C(=O)Nc2ncc(-c3ccccc3S(N)(=O)=O)cn2)n(-c2cc3ccccc3cc2C#N)n1. The number of nitrogens with two attached hydrogens (primary N) is 1. The van der Waals surface area contributed by atoms with Gasteiger partial charge in [0.25, 0.3) is 5.91 Å². The van der Waals surface area contributed by atoms with E-state index in [4.69, 9.17) is 5.14 Å². The van der Waals surface area contributed by atoms with E-state index in [0.29, 0.717) is 28.1 Å². The largest absolute Gasteiger partial charge is 0.289 e. The number of amides is 1. The molecule has 10 nitrogen and oxygen atoms in total. The van der Waals surface area contributed by atoms with Crippen LogP contribution >= 0.6 is 0 Å². The highest BCUT2D eigenvalue weighted by Crippen LogP contribution is 2.27. The molecule has 0 fully saturated rings. The Kier molecular flexibility index (Phi) is 5.96. The van der Waals surface area contributed by atoms with Gasteiger partial charge in [-0.3, -0.25) is 10.1 Å². The Labute approximate surface area is 212 Å². The third kappa shape index (κ3) is 4.66. The van der Waals surface area contributed by atoms with Crippen LogP contribution in [-0.4, -0.2) is 34.1 Å². The number of nitrogens with one attached hydrogen (secondary N) is 1. The van der Waals surface area contributed by atoms with Crippen LogP contribution in [0.2, 0.25) is 0 Å². The minimum absolute atomic E-state index is 0.00579. The van der Waals surface area contributed by atoms with Crippen LogP contribution in [0.1, 0.15) is 21.7 Å². The van der Waals surface area contributed by atoms with Gasteiger partial charge >= 0.3 is 0 Å². The number of aryl methyl sites for hydroxylation is 1. The number of hydrogen-bond acceptors (Lipinski definition) is 7. The van der Waals surface area contributed by atoms with E-state index in [1.807, 2.05) is 30.3 Å². The lowest BCUT2D eigenvalue weighted by Crippen LogP contribution is -2.19. The molecule has 0 aliphatic heterocycles. The van der Waals surface area contributed by atoms with Gasteiger partial charge in [-0.2, -0.15) is 10.4 Å². The predicted octanol–water partition coefficient (Wildman–Crippen LogP) is 3.56. The molecule has 0 spiro atoms. The summed E-state index contributed by atoms with van der Waals surface area (Å²) in [5.74, 6) is -0.526. The lowest BCUT2D eigenvalue weighted by Gasteiger charge is -2.11. The van der Waals surface area contributed by atoms with Gasteiger partial charge in [-0.25, -0.2) is 28.2 Å². The molecule has 0 saturated carbocycles. The van der Waals surface area contributed by atoms with E-state index < -0.39 is 15.9 Å². The number of primary sulfonamides is 1. The van der Waals surface area contributed by atoms with E-state index >= 15 is 0 Å². The molecule has 5 aromatic rings. The van der Waals surface area contributed by atoms with Gasteiger partial charge in [-0.15, -0.1) is 0 Å². The number of anilines is 1. The van der Waals surface area contributed by atoms with E-state index in [1.54, 1.807) is 37.3 Å². The lowest BCUT2D eigenvalue weighted by molar-refractivity contribution is 0.101. The summed E-state index contributed by atoms with van der Waals surface area (Å²) >= 11 is 0. The van der Waals surface area contributed by atoms with Crippen LogP contribution in [0.25, 0.3) is 27.6 Å². The number of carbonyl (C=O) groups is 1. The van der Waals surface area contributed by atoms with Crippen LogP contribution in [0.3, 0.4) is 0 Å². The van der Waals surface area contributed by atoms with Crippen LogP contribution in [0.4, 0.5) is 5.95 Å². The van der Waals surface area contributed by atoms with Gasteiger partial charge in [0.2, 0.25) is 16.0 Å². The van der Waals surface area contributed by atoms with Gasteiger partial charge in [-0.1, -0.05) is 42.5 Å². The summed E-state index contributed by atoms with van der Waals surface area (Å²) in [6, 6.07) is 21.2. The zero-order chi connectivity index (χ0) is 26.2. The highest BCUT2D eigenvalue weighted by atomic mass is 32.2. The molecule has 0 unspecified atom stereocenters. The Morgan fingerprint density at radius 1 is 1.00 bits per heavy atom. The van der Waals surface area contributed by atoms with Crippen molar-refractivity contribution in [2.45, 2.75) is 11.8 Å². The number of benzene rings is 3. The molecule has 11 heteroatoms. The topological polar surface area (TPSA) is 157 Å². The summed E-state index contributed by atoms with van der Waals surface area (Å²) in [5, 5.41) is 23.9. The second kappa shape index (κ2) is 9.27. The molecule has 0 saturated heterocycles. The van der Waals surface area contributed by atoms with E-state index in [-0.39, 0.29) is 16.5 Å². The van der Waals surface area contributed by atoms with E-state index in [1.165, 1.54) is 23.1 Å². The van der Waals surface area contributed by atoms with Crippen LogP contribution in [0.5, 0.6) is 0 Å². The summed E-state index contributed by atoms with van der Waals surface area (Å²) in [7, 11) is -3.95. The van der Waals surface area contributed by atoms with Gasteiger partial charge in [0.1, 0.15) is 11.8 Å². The number of hydrogen-bond donors (Lipinski definition) is 2. The van der Waals surface area contributed by atoms with Gasteiger partial charge < -0.3 is 0 Å². The van der Waals surface area contributed by atoms with Crippen molar-refractivity contribution in [1.29, 1.82) is 5.26 Å². The quantitative estimate of drug-likeness (QED) is 0.367. The highest BCUT2D eigenvalue weighted by molar-refractivity contribution is 7.89. The van der Waals surface area contributed by atoms with Crippen molar-refractivity contribution in [3.63, 3.8) is 0 Å². The number of nitriles is 1. The maximum absolute atomic E-state index is 13.2. The molecule has 0 bridgehead atoms. The van der Waals surface area contributed by atoms with Crippen LogP contribution in [-0.2, 0) is 10.0 Å². The van der Waals surface area contributed by atoms with Crippen molar-refractivity contribution in [1.82, 2.24) is 19.7 Å². The fraction of sp³-hybridized carbons (Fsp3) is 0.0385. The maximum atomic E-state index is 13.2. The number of sulfonamides is 1. The summed E-state index contributed by atoms with van der Waals surface area (Å²) in [5.41, 5.74) is 2.37. The summed E-state index contributed by atoms with van der Waals surface area (Å²) in [6.45, 7) is 1.74. The van der Waals surface area contributed by atoms with Gasteiger partial charge in [0.05, 0.1) is 21.8 Å². The first-order chi connectivity index (χ1) is 17.7. The van der Waals surface area contributed by atoms with E-state index in [9.17, 15) is 18.5 Å². The molecule has 3 N–H and O–H groups in total. The predicted molar refractivity (Wildman–Crippen MR) is 137 cm³/mol. The number of fused-ring (bicyclic) bond motifs is 1. The van der Waals surface area contributed by atoms with Crippen LogP contribution in [0.15, 0.2) is 84.0 Å². The van der Waals surface area contributed by atoms with Crippen LogP contribution < -0.4 is 10.5 Å². The number of rotatable bonds is 5. The summed E-state index contributed by atoms with van der Waals surface area (Å²) < 4.78 is 25.3. The Morgan fingerprint density at radius 3 is 2.32 bits per heavy atom. The minimum atomic E-state index is -3.95. The van der Waals surface area contributed by atoms with E-state index in [0.717, 1.165) is 10.8 Å². The molecular formula is C26H19N7O3S. The second-order valence-corrected chi connectivity index (χ2v) is 9.73. The van der Waals surface area contributed by atoms with Crippen molar-refractivity contribution in [2.24, 2.45) is 5.14 Å². The van der Waals surface area contributed by atoms with Crippen molar-refractivity contribution in [3.05, 3.63) is 96.1 Å². The van der Waals surface area contributed by atoms with E-state index in [2.05, 4.69) is 26.5 Å². The normalized spacial score (nSPS) is 11.3. The molecule has 0 radical (unpaired) electrons. The first-order valence-electron chi connectivity index (χ1n) is 11.0.